The van der Waals surface area contributed by atoms with Crippen molar-refractivity contribution in [1.82, 2.24) is 25.2 Å². The highest BCUT2D eigenvalue weighted by atomic mass is 16.4. The van der Waals surface area contributed by atoms with E-state index in [9.17, 15) is 4.79 Å². The van der Waals surface area contributed by atoms with Gasteiger partial charge in [-0.05, 0) is 35.9 Å². The molecule has 0 spiro atoms. The fraction of sp³-hybridized carbons (Fsp3) is 0.364. The number of tetrazole rings is 1. The highest BCUT2D eigenvalue weighted by Gasteiger charge is 2.10. The lowest BCUT2D eigenvalue weighted by molar-refractivity contribution is -0.137. The van der Waals surface area contributed by atoms with Crippen molar-refractivity contribution >= 4 is 5.97 Å². The van der Waals surface area contributed by atoms with Crippen LogP contribution >= 0.6 is 0 Å². The molecule has 0 aromatic carbocycles. The standard InChI is InChI=1S/C11H13N5O2/c1-8-4-2-5-9(12-8)11-13-14-15-16(11)7-3-6-10(17)18/h2,4-5H,3,6-7H2,1H3,(H,17,18). The van der Waals surface area contributed by atoms with Crippen molar-refractivity contribution < 1.29 is 9.90 Å². The summed E-state index contributed by atoms with van der Waals surface area (Å²) < 4.78 is 1.57. The first-order valence-corrected chi connectivity index (χ1v) is 5.59. The Morgan fingerprint density at radius 3 is 3.00 bits per heavy atom. The minimum atomic E-state index is -0.821. The second kappa shape index (κ2) is 5.35. The number of carboxylic acids is 1. The van der Waals surface area contributed by atoms with E-state index in [2.05, 4.69) is 20.5 Å². The Kier molecular flexibility index (Phi) is 3.61. The van der Waals surface area contributed by atoms with Crippen molar-refractivity contribution in [1.29, 1.82) is 0 Å². The van der Waals surface area contributed by atoms with Crippen LogP contribution in [0.3, 0.4) is 0 Å². The lowest BCUT2D eigenvalue weighted by Crippen LogP contribution is -2.06. The van der Waals surface area contributed by atoms with Crippen LogP contribution in [-0.4, -0.2) is 36.3 Å². The van der Waals surface area contributed by atoms with Gasteiger partial charge in [0.1, 0.15) is 5.69 Å². The van der Waals surface area contributed by atoms with Crippen molar-refractivity contribution in [3.8, 4) is 11.5 Å². The average molecular weight is 247 g/mol. The van der Waals surface area contributed by atoms with Gasteiger partial charge in [-0.25, -0.2) is 9.67 Å². The molecule has 7 heteroatoms. The summed E-state index contributed by atoms with van der Waals surface area (Å²) >= 11 is 0. The van der Waals surface area contributed by atoms with E-state index in [1.165, 1.54) is 0 Å². The van der Waals surface area contributed by atoms with Crippen LogP contribution in [0.25, 0.3) is 11.5 Å². The quantitative estimate of drug-likeness (QED) is 0.843. The molecular weight excluding hydrogens is 234 g/mol. The second-order valence-electron chi connectivity index (χ2n) is 3.89. The zero-order chi connectivity index (χ0) is 13.0. The van der Waals surface area contributed by atoms with Gasteiger partial charge in [0, 0.05) is 18.7 Å². The number of pyridine rings is 1. The molecule has 94 valence electrons. The van der Waals surface area contributed by atoms with Crippen LogP contribution in [0, 0.1) is 6.92 Å². The fourth-order valence-electron chi connectivity index (χ4n) is 1.59. The number of aliphatic carboxylic acids is 1. The molecule has 0 saturated heterocycles. The molecule has 0 saturated carbocycles. The van der Waals surface area contributed by atoms with Crippen LogP contribution in [0.1, 0.15) is 18.5 Å². The third-order valence-electron chi connectivity index (χ3n) is 2.41. The van der Waals surface area contributed by atoms with Crippen molar-refractivity contribution in [2.24, 2.45) is 0 Å². The number of hydrogen-bond acceptors (Lipinski definition) is 5. The lowest BCUT2D eigenvalue weighted by atomic mass is 10.3. The Bertz CT molecular complexity index is 552. The van der Waals surface area contributed by atoms with Gasteiger partial charge in [-0.1, -0.05) is 6.07 Å². The molecule has 2 aromatic heterocycles. The molecule has 18 heavy (non-hydrogen) atoms. The third-order valence-corrected chi connectivity index (χ3v) is 2.41. The van der Waals surface area contributed by atoms with E-state index in [0.717, 1.165) is 5.69 Å². The molecule has 7 nitrogen and oxygen atoms in total. The van der Waals surface area contributed by atoms with Gasteiger partial charge in [-0.3, -0.25) is 4.79 Å². The number of carbonyl (C=O) groups is 1. The maximum atomic E-state index is 10.5. The highest BCUT2D eigenvalue weighted by molar-refractivity contribution is 5.66. The van der Waals surface area contributed by atoms with E-state index in [4.69, 9.17) is 5.11 Å². The summed E-state index contributed by atoms with van der Waals surface area (Å²) in [5.41, 5.74) is 1.57. The lowest BCUT2D eigenvalue weighted by Gasteiger charge is -2.03. The second-order valence-corrected chi connectivity index (χ2v) is 3.89. The highest BCUT2D eigenvalue weighted by Crippen LogP contribution is 2.13. The summed E-state index contributed by atoms with van der Waals surface area (Å²) in [6.07, 6.45) is 0.583. The maximum absolute atomic E-state index is 10.5. The van der Waals surface area contributed by atoms with Gasteiger partial charge in [0.2, 0.25) is 5.82 Å². The molecule has 2 heterocycles. The van der Waals surface area contributed by atoms with E-state index in [1.54, 1.807) is 4.68 Å². The van der Waals surface area contributed by atoms with E-state index in [1.807, 2.05) is 25.1 Å². The number of hydrogen-bond donors (Lipinski definition) is 1. The molecule has 0 aliphatic heterocycles. The van der Waals surface area contributed by atoms with E-state index in [0.29, 0.717) is 24.5 Å². The molecular formula is C11H13N5O2. The fourth-order valence-corrected chi connectivity index (χ4v) is 1.59. The molecule has 0 atom stereocenters. The number of carboxylic acid groups (broad SMARTS) is 1. The predicted octanol–water partition coefficient (Wildman–Crippen LogP) is 0.908. The molecule has 0 unspecified atom stereocenters. The summed E-state index contributed by atoms with van der Waals surface area (Å²) in [6, 6.07) is 5.60. The number of nitrogens with zero attached hydrogens (tertiary/aromatic N) is 5. The van der Waals surface area contributed by atoms with Crippen LogP contribution in [0.5, 0.6) is 0 Å². The van der Waals surface area contributed by atoms with Gasteiger partial charge in [-0.2, -0.15) is 0 Å². The molecule has 2 aromatic rings. The minimum Gasteiger partial charge on any atom is -0.481 e. The van der Waals surface area contributed by atoms with Gasteiger partial charge in [-0.15, -0.1) is 5.10 Å². The van der Waals surface area contributed by atoms with Crippen LogP contribution in [-0.2, 0) is 11.3 Å². The van der Waals surface area contributed by atoms with Crippen LogP contribution in [0.4, 0.5) is 0 Å². The summed E-state index contributed by atoms with van der Waals surface area (Å²) in [6.45, 7) is 2.35. The number of aryl methyl sites for hydroxylation is 2. The summed E-state index contributed by atoms with van der Waals surface area (Å²) in [5, 5.41) is 20.0. The Balaban J connectivity index is 2.15. The Morgan fingerprint density at radius 1 is 1.44 bits per heavy atom. The van der Waals surface area contributed by atoms with E-state index < -0.39 is 5.97 Å². The number of rotatable bonds is 5. The molecule has 0 radical (unpaired) electrons. The van der Waals surface area contributed by atoms with Gasteiger partial charge >= 0.3 is 5.97 Å². The first-order valence-electron chi connectivity index (χ1n) is 5.59. The van der Waals surface area contributed by atoms with E-state index >= 15 is 0 Å². The number of aromatic nitrogens is 5. The molecule has 0 amide bonds. The Morgan fingerprint density at radius 2 is 2.28 bits per heavy atom. The molecule has 0 aliphatic carbocycles. The molecule has 2 rings (SSSR count). The molecule has 0 aliphatic rings. The smallest absolute Gasteiger partial charge is 0.303 e. The van der Waals surface area contributed by atoms with Gasteiger partial charge in [0.05, 0.1) is 0 Å². The normalized spacial score (nSPS) is 10.5. The molecule has 0 fully saturated rings. The summed E-state index contributed by atoms with van der Waals surface area (Å²) in [4.78, 5) is 14.8. The van der Waals surface area contributed by atoms with Crippen molar-refractivity contribution in [2.75, 3.05) is 0 Å². The van der Waals surface area contributed by atoms with E-state index in [-0.39, 0.29) is 6.42 Å². The first-order chi connectivity index (χ1) is 8.66. The van der Waals surface area contributed by atoms with Gasteiger partial charge < -0.3 is 5.11 Å². The first kappa shape index (κ1) is 12.2. The topological polar surface area (TPSA) is 93.8 Å². The van der Waals surface area contributed by atoms with Gasteiger partial charge in [0.25, 0.3) is 0 Å². The SMILES string of the molecule is Cc1cccc(-c2nnnn2CCCC(=O)O)n1. The van der Waals surface area contributed by atoms with Crippen molar-refractivity contribution in [3.05, 3.63) is 23.9 Å². The average Bonchev–Trinajstić information content (AvgIpc) is 2.77. The monoisotopic (exact) mass is 247 g/mol. The Hall–Kier alpha value is -2.31. The Labute approximate surface area is 103 Å². The van der Waals surface area contributed by atoms with Gasteiger partial charge in [0.15, 0.2) is 0 Å². The molecule has 1 N–H and O–H groups in total. The van der Waals surface area contributed by atoms with Crippen molar-refractivity contribution in [3.63, 3.8) is 0 Å². The predicted molar refractivity (Wildman–Crippen MR) is 62.7 cm³/mol. The summed E-state index contributed by atoms with van der Waals surface area (Å²) in [7, 11) is 0. The van der Waals surface area contributed by atoms with Crippen LogP contribution < -0.4 is 0 Å². The third kappa shape index (κ3) is 2.88. The van der Waals surface area contributed by atoms with Crippen molar-refractivity contribution in [2.45, 2.75) is 26.3 Å². The maximum Gasteiger partial charge on any atom is 0.303 e. The zero-order valence-corrected chi connectivity index (χ0v) is 9.94. The van der Waals surface area contributed by atoms with Crippen LogP contribution in [0.2, 0.25) is 0 Å². The molecule has 0 bridgehead atoms. The largest absolute Gasteiger partial charge is 0.481 e. The van der Waals surface area contributed by atoms with Crippen LogP contribution in [0.15, 0.2) is 18.2 Å². The minimum absolute atomic E-state index is 0.0978. The zero-order valence-electron chi connectivity index (χ0n) is 9.94. The summed E-state index contributed by atoms with van der Waals surface area (Å²) in [5.74, 6) is -0.262.